The maximum absolute atomic E-state index is 13.3. The number of aliphatic hydroxyl groups excluding tert-OH is 1. The molecule has 35 heavy (non-hydrogen) atoms. The predicted octanol–water partition coefficient (Wildman–Crippen LogP) is 5.29. The fraction of sp³-hybridized carbons (Fsp3) is 0.522. The van der Waals surface area contributed by atoms with Crippen molar-refractivity contribution in [2.75, 3.05) is 18.0 Å². The Morgan fingerprint density at radius 1 is 1.31 bits per heavy atom. The van der Waals surface area contributed by atoms with Gasteiger partial charge in [0.25, 0.3) is 6.01 Å². The van der Waals surface area contributed by atoms with Crippen molar-refractivity contribution in [2.45, 2.75) is 57.5 Å². The third-order valence-electron chi connectivity index (χ3n) is 7.26. The van der Waals surface area contributed by atoms with E-state index in [1.165, 1.54) is 29.7 Å². The van der Waals surface area contributed by atoms with Gasteiger partial charge in [0.05, 0.1) is 17.1 Å². The molecule has 0 aliphatic carbocycles. The number of fused-ring (bicyclic) bond motifs is 3. The zero-order valence-electron chi connectivity index (χ0n) is 19.3. The summed E-state index contributed by atoms with van der Waals surface area (Å²) in [5.41, 5.74) is -0.641. The summed E-state index contributed by atoms with van der Waals surface area (Å²) in [6.07, 6.45) is -5.55. The minimum atomic E-state index is -4.84. The average molecular weight is 511 g/mol. The number of carbonyl (C=O) groups is 1. The van der Waals surface area contributed by atoms with Gasteiger partial charge in [-0.3, -0.25) is 4.90 Å². The zero-order chi connectivity index (χ0) is 25.3. The number of amides is 1. The number of oxazole rings is 1. The van der Waals surface area contributed by atoms with Crippen LogP contribution in [0.2, 0.25) is 0 Å². The highest BCUT2D eigenvalue weighted by molar-refractivity contribution is 7.13. The molecular weight excluding hydrogens is 485 g/mol. The number of thiazole rings is 1. The van der Waals surface area contributed by atoms with Gasteiger partial charge in [-0.05, 0) is 36.0 Å². The lowest BCUT2D eigenvalue weighted by Gasteiger charge is -2.53. The van der Waals surface area contributed by atoms with E-state index < -0.39 is 23.9 Å². The van der Waals surface area contributed by atoms with E-state index >= 15 is 0 Å². The largest absolute Gasteiger partial charge is 0.465 e. The highest BCUT2D eigenvalue weighted by Crippen LogP contribution is 2.50. The third kappa shape index (κ3) is 3.74. The molecule has 5 rings (SSSR count). The number of aromatic nitrogens is 2. The van der Waals surface area contributed by atoms with Crippen molar-refractivity contribution in [1.29, 1.82) is 0 Å². The van der Waals surface area contributed by atoms with Crippen molar-refractivity contribution in [3.63, 3.8) is 0 Å². The molecule has 2 bridgehead atoms. The smallest absolute Gasteiger partial charge is 0.418 e. The summed E-state index contributed by atoms with van der Waals surface area (Å²) in [5, 5.41) is 22.0. The fourth-order valence-corrected chi connectivity index (χ4v) is 6.12. The molecule has 8 nitrogen and oxygen atoms in total. The van der Waals surface area contributed by atoms with E-state index in [1.54, 1.807) is 10.3 Å². The highest BCUT2D eigenvalue weighted by Gasteiger charge is 2.59. The summed E-state index contributed by atoms with van der Waals surface area (Å²) in [6, 6.07) is 2.37. The topological polar surface area (TPSA) is 103 Å². The maximum Gasteiger partial charge on any atom is 0.418 e. The molecule has 0 radical (unpaired) electrons. The molecule has 188 valence electrons. The van der Waals surface area contributed by atoms with Crippen molar-refractivity contribution in [3.8, 4) is 10.6 Å². The normalized spacial score (nSPS) is 23.8. The second kappa shape index (κ2) is 7.82. The van der Waals surface area contributed by atoms with Crippen molar-refractivity contribution in [2.24, 2.45) is 5.41 Å². The van der Waals surface area contributed by atoms with E-state index in [0.717, 1.165) is 0 Å². The molecule has 2 saturated heterocycles. The molecule has 2 N–H and O–H groups in total. The Balaban J connectivity index is 1.61. The first-order valence-electron chi connectivity index (χ1n) is 11.2. The van der Waals surface area contributed by atoms with Gasteiger partial charge in [-0.1, -0.05) is 20.8 Å². The molecule has 2 aromatic heterocycles. The van der Waals surface area contributed by atoms with Crippen LogP contribution in [0.4, 0.5) is 24.0 Å². The van der Waals surface area contributed by atoms with Crippen LogP contribution in [0.25, 0.3) is 21.7 Å². The molecule has 2 aliphatic heterocycles. The minimum absolute atomic E-state index is 0.170. The second-order valence-corrected chi connectivity index (χ2v) is 11.1. The van der Waals surface area contributed by atoms with E-state index in [4.69, 9.17) is 4.42 Å². The number of piperazine rings is 1. The monoisotopic (exact) mass is 510 g/mol. The molecule has 2 aliphatic rings. The molecule has 2 fully saturated rings. The first kappa shape index (κ1) is 23.9. The lowest BCUT2D eigenvalue weighted by Crippen LogP contribution is -2.68. The second-order valence-electron chi connectivity index (χ2n) is 10.2. The van der Waals surface area contributed by atoms with Gasteiger partial charge in [0.1, 0.15) is 10.5 Å². The molecule has 4 heterocycles. The quantitative estimate of drug-likeness (QED) is 0.493. The summed E-state index contributed by atoms with van der Waals surface area (Å²) in [5.74, 6) is 0. The van der Waals surface area contributed by atoms with Crippen molar-refractivity contribution in [3.05, 3.63) is 29.3 Å². The van der Waals surface area contributed by atoms with E-state index in [9.17, 15) is 28.2 Å². The van der Waals surface area contributed by atoms with Gasteiger partial charge in [0.2, 0.25) is 0 Å². The molecule has 0 spiro atoms. The van der Waals surface area contributed by atoms with Gasteiger partial charge in [-0.25, -0.2) is 9.78 Å². The molecule has 3 aromatic rings. The minimum Gasteiger partial charge on any atom is -0.465 e. The number of carboxylic acid groups (broad SMARTS) is 1. The van der Waals surface area contributed by atoms with E-state index in [2.05, 4.69) is 9.97 Å². The molecule has 12 heteroatoms. The number of rotatable bonds is 3. The third-order valence-corrected chi connectivity index (χ3v) is 8.07. The Bertz CT molecular complexity index is 1270. The van der Waals surface area contributed by atoms with Crippen molar-refractivity contribution >= 4 is 34.5 Å². The average Bonchev–Trinajstić information content (AvgIpc) is 3.48. The Labute approximate surface area is 203 Å². The van der Waals surface area contributed by atoms with Crippen LogP contribution >= 0.6 is 11.3 Å². The zero-order valence-corrected chi connectivity index (χ0v) is 20.2. The van der Waals surface area contributed by atoms with Crippen molar-refractivity contribution in [1.82, 2.24) is 14.9 Å². The van der Waals surface area contributed by atoms with Crippen LogP contribution in [0.3, 0.4) is 0 Å². The Morgan fingerprint density at radius 3 is 2.66 bits per heavy atom. The highest BCUT2D eigenvalue weighted by atomic mass is 32.1. The van der Waals surface area contributed by atoms with Crippen LogP contribution < -0.4 is 4.90 Å². The first-order chi connectivity index (χ1) is 16.3. The molecular formula is C23H25F3N4O4S. The number of benzene rings is 1. The molecule has 0 saturated carbocycles. The van der Waals surface area contributed by atoms with Gasteiger partial charge >= 0.3 is 12.3 Å². The molecule has 1 amide bonds. The molecule has 3 atom stereocenters. The van der Waals surface area contributed by atoms with Crippen LogP contribution in [0.5, 0.6) is 0 Å². The SMILES string of the molecule is CC(C)(C)C12CCC(CN(c3nc4cc(C(O)C(F)(F)F)cc(-c5nccs5)c4o3)C1)N2C(=O)O. The number of halogens is 3. The number of hydrogen-bond donors (Lipinski definition) is 2. The van der Waals surface area contributed by atoms with Gasteiger partial charge < -0.3 is 19.5 Å². The number of hydrogen-bond acceptors (Lipinski definition) is 7. The first-order valence-corrected chi connectivity index (χ1v) is 12.1. The lowest BCUT2D eigenvalue weighted by atomic mass is 9.71. The predicted molar refractivity (Wildman–Crippen MR) is 123 cm³/mol. The standard InChI is InChI=1S/C23H25F3N4O4S/c1-21(2,3)22-5-4-13(30(22)20(32)33)10-29(11-22)19-28-15-9-12(17(31)23(24,25)26)8-14(16(15)34-19)18-27-6-7-35-18/h6-9,13,17,31H,4-5,10-11H2,1-3H3,(H,32,33). The van der Waals surface area contributed by atoms with Crippen LogP contribution in [-0.2, 0) is 0 Å². The summed E-state index contributed by atoms with van der Waals surface area (Å²) in [6.45, 7) is 6.73. The Kier molecular flexibility index (Phi) is 5.33. The van der Waals surface area contributed by atoms with Gasteiger partial charge in [0, 0.05) is 24.7 Å². The number of anilines is 1. The molecule has 1 aromatic carbocycles. The summed E-state index contributed by atoms with van der Waals surface area (Å²) < 4.78 is 46.0. The summed E-state index contributed by atoms with van der Waals surface area (Å²) in [4.78, 5) is 24.3. The van der Waals surface area contributed by atoms with E-state index in [1.807, 2.05) is 25.7 Å². The van der Waals surface area contributed by atoms with Gasteiger partial charge in [-0.2, -0.15) is 18.2 Å². The number of nitrogens with zero attached hydrogens (tertiary/aromatic N) is 4. The number of alkyl halides is 3. The molecule has 3 unspecified atom stereocenters. The van der Waals surface area contributed by atoms with E-state index in [-0.39, 0.29) is 34.1 Å². The summed E-state index contributed by atoms with van der Waals surface area (Å²) in [7, 11) is 0. The maximum atomic E-state index is 13.3. The Morgan fingerprint density at radius 2 is 2.06 bits per heavy atom. The Hall–Kier alpha value is -2.86. The van der Waals surface area contributed by atoms with Gasteiger partial charge in [-0.15, -0.1) is 11.3 Å². The van der Waals surface area contributed by atoms with Crippen LogP contribution in [-0.4, -0.2) is 62.0 Å². The van der Waals surface area contributed by atoms with Crippen molar-refractivity contribution < 1.29 is 32.6 Å². The lowest BCUT2D eigenvalue weighted by molar-refractivity contribution is -0.206. The number of aliphatic hydroxyl groups is 1. The summed E-state index contributed by atoms with van der Waals surface area (Å²) >= 11 is 1.23. The van der Waals surface area contributed by atoms with Gasteiger partial charge in [0.15, 0.2) is 11.7 Å². The van der Waals surface area contributed by atoms with E-state index in [0.29, 0.717) is 36.5 Å². The van der Waals surface area contributed by atoms with Crippen LogP contribution in [0.15, 0.2) is 28.1 Å². The fourth-order valence-electron chi connectivity index (χ4n) is 5.47. The van der Waals surface area contributed by atoms with Crippen LogP contribution in [0, 0.1) is 5.41 Å². The van der Waals surface area contributed by atoms with Crippen LogP contribution in [0.1, 0.15) is 45.3 Å².